The standard InChI is InChI=1S/C18H27N5O2S/c1-4-10-18(2)11-5-12-22(14-18)13-17-19-20-21-23(17)15-6-8-16(9-7-15)26(3,24)25/h6-9H,4-5,10-14H2,1-3H3. The highest BCUT2D eigenvalue weighted by Crippen LogP contribution is 2.34. The van der Waals surface area contributed by atoms with Crippen LogP contribution in [0.5, 0.6) is 0 Å². The van der Waals surface area contributed by atoms with Crippen LogP contribution in [-0.4, -0.2) is 52.9 Å². The van der Waals surface area contributed by atoms with Gasteiger partial charge in [-0.2, -0.15) is 4.68 Å². The minimum atomic E-state index is -3.21. The van der Waals surface area contributed by atoms with E-state index in [4.69, 9.17) is 0 Å². The van der Waals surface area contributed by atoms with Gasteiger partial charge in [-0.1, -0.05) is 20.3 Å². The van der Waals surface area contributed by atoms with Gasteiger partial charge in [0.25, 0.3) is 0 Å². The molecule has 2 heterocycles. The van der Waals surface area contributed by atoms with Crippen molar-refractivity contribution in [3.05, 3.63) is 30.1 Å². The van der Waals surface area contributed by atoms with E-state index in [0.717, 1.165) is 24.6 Å². The third-order valence-corrected chi connectivity index (χ3v) is 6.25. The normalized spacial score (nSPS) is 21.8. The van der Waals surface area contributed by atoms with Crippen molar-refractivity contribution in [1.29, 1.82) is 0 Å². The van der Waals surface area contributed by atoms with Gasteiger partial charge in [-0.15, -0.1) is 5.10 Å². The second-order valence-corrected chi connectivity index (χ2v) is 9.66. The zero-order chi connectivity index (χ0) is 18.8. The Kier molecular flexibility index (Phi) is 5.43. The zero-order valence-corrected chi connectivity index (χ0v) is 16.5. The Hall–Kier alpha value is -1.80. The number of benzene rings is 1. The molecule has 0 saturated carbocycles. The Bertz CT molecular complexity index is 843. The van der Waals surface area contributed by atoms with Crippen LogP contribution in [0, 0.1) is 5.41 Å². The molecular formula is C18H27N5O2S. The lowest BCUT2D eigenvalue weighted by Gasteiger charge is -2.40. The van der Waals surface area contributed by atoms with Gasteiger partial charge in [0.1, 0.15) is 0 Å². The van der Waals surface area contributed by atoms with Gasteiger partial charge in [0.15, 0.2) is 15.7 Å². The van der Waals surface area contributed by atoms with Crippen LogP contribution in [0.15, 0.2) is 29.2 Å². The van der Waals surface area contributed by atoms with Crippen molar-refractivity contribution in [2.75, 3.05) is 19.3 Å². The Morgan fingerprint density at radius 1 is 1.23 bits per heavy atom. The number of piperidine rings is 1. The van der Waals surface area contributed by atoms with Gasteiger partial charge in [-0.05, 0) is 65.9 Å². The van der Waals surface area contributed by atoms with Crippen molar-refractivity contribution in [3.63, 3.8) is 0 Å². The molecule has 142 valence electrons. The predicted octanol–water partition coefficient (Wildman–Crippen LogP) is 2.47. The second-order valence-electron chi connectivity index (χ2n) is 7.65. The summed E-state index contributed by atoms with van der Waals surface area (Å²) < 4.78 is 24.9. The van der Waals surface area contributed by atoms with Crippen molar-refractivity contribution in [1.82, 2.24) is 25.1 Å². The van der Waals surface area contributed by atoms with Crippen LogP contribution < -0.4 is 0 Å². The average Bonchev–Trinajstić information content (AvgIpc) is 3.02. The van der Waals surface area contributed by atoms with Gasteiger partial charge >= 0.3 is 0 Å². The van der Waals surface area contributed by atoms with E-state index in [1.54, 1.807) is 28.9 Å². The quantitative estimate of drug-likeness (QED) is 0.769. The maximum Gasteiger partial charge on any atom is 0.175 e. The summed E-state index contributed by atoms with van der Waals surface area (Å²) in [4.78, 5) is 2.72. The summed E-state index contributed by atoms with van der Waals surface area (Å²) in [6.45, 7) is 7.42. The van der Waals surface area contributed by atoms with Gasteiger partial charge in [0.05, 0.1) is 17.1 Å². The molecule has 0 bridgehead atoms. The summed E-state index contributed by atoms with van der Waals surface area (Å²) in [5.74, 6) is 0.776. The lowest BCUT2D eigenvalue weighted by molar-refractivity contribution is 0.0864. The molecule has 1 atom stereocenters. The molecular weight excluding hydrogens is 350 g/mol. The van der Waals surface area contributed by atoms with Crippen molar-refractivity contribution < 1.29 is 8.42 Å². The number of tetrazole rings is 1. The van der Waals surface area contributed by atoms with Gasteiger partial charge in [0.2, 0.25) is 0 Å². The molecule has 1 saturated heterocycles. The van der Waals surface area contributed by atoms with E-state index in [0.29, 0.717) is 16.9 Å². The third-order valence-electron chi connectivity index (χ3n) is 5.12. The zero-order valence-electron chi connectivity index (χ0n) is 15.7. The van der Waals surface area contributed by atoms with Crippen LogP contribution in [0.4, 0.5) is 0 Å². The number of hydrogen-bond donors (Lipinski definition) is 0. The van der Waals surface area contributed by atoms with E-state index in [-0.39, 0.29) is 0 Å². The molecule has 7 nitrogen and oxygen atoms in total. The van der Waals surface area contributed by atoms with Crippen molar-refractivity contribution in [2.24, 2.45) is 5.41 Å². The van der Waals surface area contributed by atoms with Crippen molar-refractivity contribution in [3.8, 4) is 5.69 Å². The Morgan fingerprint density at radius 3 is 2.62 bits per heavy atom. The van der Waals surface area contributed by atoms with E-state index in [2.05, 4.69) is 34.3 Å². The van der Waals surface area contributed by atoms with Gasteiger partial charge < -0.3 is 0 Å². The van der Waals surface area contributed by atoms with E-state index in [9.17, 15) is 8.42 Å². The van der Waals surface area contributed by atoms with E-state index in [1.807, 2.05) is 0 Å². The van der Waals surface area contributed by atoms with Gasteiger partial charge in [-0.25, -0.2) is 8.42 Å². The molecule has 0 spiro atoms. The minimum absolute atomic E-state index is 0.294. The summed E-state index contributed by atoms with van der Waals surface area (Å²) >= 11 is 0. The van der Waals surface area contributed by atoms with Crippen molar-refractivity contribution >= 4 is 9.84 Å². The number of aromatic nitrogens is 4. The number of sulfone groups is 1. The number of likely N-dealkylation sites (tertiary alicyclic amines) is 1. The van der Waals surface area contributed by atoms with Crippen LogP contribution in [-0.2, 0) is 16.4 Å². The number of rotatable bonds is 6. The predicted molar refractivity (Wildman–Crippen MR) is 99.8 cm³/mol. The first kappa shape index (κ1) is 19.0. The molecule has 8 heteroatoms. The fourth-order valence-corrected chi connectivity index (χ4v) is 4.54. The highest BCUT2D eigenvalue weighted by molar-refractivity contribution is 7.90. The van der Waals surface area contributed by atoms with Crippen LogP contribution in [0.25, 0.3) is 5.69 Å². The largest absolute Gasteiger partial charge is 0.295 e. The van der Waals surface area contributed by atoms with E-state index in [1.165, 1.54) is 31.9 Å². The summed E-state index contributed by atoms with van der Waals surface area (Å²) in [7, 11) is -3.21. The third kappa shape index (κ3) is 4.29. The molecule has 0 amide bonds. The van der Waals surface area contributed by atoms with E-state index < -0.39 is 9.84 Å². The SMILES string of the molecule is CCCC1(C)CCCN(Cc2nnnn2-c2ccc(S(C)(=O)=O)cc2)C1. The van der Waals surface area contributed by atoms with Crippen LogP contribution >= 0.6 is 0 Å². The molecule has 1 aliphatic heterocycles. The summed E-state index contributed by atoms with van der Waals surface area (Å²) in [6, 6.07) is 6.67. The molecule has 1 unspecified atom stereocenters. The monoisotopic (exact) mass is 377 g/mol. The molecule has 2 aromatic rings. The Labute approximate surface area is 155 Å². The molecule has 3 rings (SSSR count). The van der Waals surface area contributed by atoms with Gasteiger partial charge in [-0.3, -0.25) is 4.90 Å². The Balaban J connectivity index is 1.77. The first-order valence-electron chi connectivity index (χ1n) is 9.11. The highest BCUT2D eigenvalue weighted by atomic mass is 32.2. The summed E-state index contributed by atoms with van der Waals surface area (Å²) in [5, 5.41) is 12.1. The first-order valence-corrected chi connectivity index (χ1v) is 11.0. The number of nitrogens with zero attached hydrogens (tertiary/aromatic N) is 5. The minimum Gasteiger partial charge on any atom is -0.295 e. The fourth-order valence-electron chi connectivity index (χ4n) is 3.91. The Morgan fingerprint density at radius 2 is 1.96 bits per heavy atom. The molecule has 0 aliphatic carbocycles. The lowest BCUT2D eigenvalue weighted by atomic mass is 9.78. The first-order chi connectivity index (χ1) is 12.3. The van der Waals surface area contributed by atoms with Crippen LogP contribution in [0.1, 0.15) is 45.4 Å². The molecule has 1 aromatic heterocycles. The highest BCUT2D eigenvalue weighted by Gasteiger charge is 2.30. The second kappa shape index (κ2) is 7.44. The molecule has 26 heavy (non-hydrogen) atoms. The maximum atomic E-state index is 11.6. The summed E-state index contributed by atoms with van der Waals surface area (Å²) in [5.41, 5.74) is 1.13. The molecule has 1 fully saturated rings. The molecule has 0 N–H and O–H groups in total. The maximum absolute atomic E-state index is 11.6. The lowest BCUT2D eigenvalue weighted by Crippen LogP contribution is -2.41. The average molecular weight is 378 g/mol. The molecule has 1 aliphatic rings. The molecule has 0 radical (unpaired) electrons. The topological polar surface area (TPSA) is 81.0 Å². The fraction of sp³-hybridized carbons (Fsp3) is 0.611. The summed E-state index contributed by atoms with van der Waals surface area (Å²) in [6.07, 6.45) is 6.11. The van der Waals surface area contributed by atoms with Gasteiger partial charge in [0, 0.05) is 12.8 Å². The van der Waals surface area contributed by atoms with E-state index >= 15 is 0 Å². The molecule has 1 aromatic carbocycles. The smallest absolute Gasteiger partial charge is 0.175 e. The van der Waals surface area contributed by atoms with Crippen LogP contribution in [0.3, 0.4) is 0 Å². The number of hydrogen-bond acceptors (Lipinski definition) is 6. The van der Waals surface area contributed by atoms with Crippen LogP contribution in [0.2, 0.25) is 0 Å². The van der Waals surface area contributed by atoms with Crippen molar-refractivity contribution in [2.45, 2.75) is 51.0 Å².